The molecule has 3 rings (SSSR count). The molecule has 1 heterocycles. The van der Waals surface area contributed by atoms with E-state index in [9.17, 15) is 19.2 Å². The Morgan fingerprint density at radius 1 is 1.00 bits per heavy atom. The predicted octanol–water partition coefficient (Wildman–Crippen LogP) is 2.25. The van der Waals surface area contributed by atoms with Crippen LogP contribution in [0.1, 0.15) is 27.6 Å². The molecule has 0 saturated heterocycles. The van der Waals surface area contributed by atoms with Crippen LogP contribution in [0.5, 0.6) is 0 Å². The van der Waals surface area contributed by atoms with E-state index >= 15 is 0 Å². The second kappa shape index (κ2) is 7.06. The van der Waals surface area contributed by atoms with Crippen LogP contribution in [0.25, 0.3) is 0 Å². The number of anilines is 1. The van der Waals surface area contributed by atoms with Gasteiger partial charge >= 0.3 is 0 Å². The zero-order valence-corrected chi connectivity index (χ0v) is 13.7. The molecule has 8 heteroatoms. The molecule has 2 N–H and O–H groups in total. The van der Waals surface area contributed by atoms with Gasteiger partial charge < -0.3 is 5.32 Å². The summed E-state index contributed by atoms with van der Waals surface area (Å²) in [5.74, 6) is -2.08. The molecule has 0 radical (unpaired) electrons. The number of benzene rings is 2. The molecule has 1 aliphatic heterocycles. The molecule has 0 fully saturated rings. The molecular weight excluding hydrogens is 336 g/mol. The third-order valence-electron chi connectivity index (χ3n) is 3.68. The van der Waals surface area contributed by atoms with E-state index in [2.05, 4.69) is 20.9 Å². The Hall–Kier alpha value is -3.68. The molecule has 0 aliphatic carbocycles. The molecule has 3 amide bonds. The van der Waals surface area contributed by atoms with Gasteiger partial charge in [-0.2, -0.15) is 10.2 Å². The van der Waals surface area contributed by atoms with Gasteiger partial charge in [0.1, 0.15) is 0 Å². The van der Waals surface area contributed by atoms with Gasteiger partial charge in [0.05, 0.1) is 16.8 Å². The second-order valence-electron chi connectivity index (χ2n) is 5.60. The van der Waals surface area contributed by atoms with E-state index in [1.165, 1.54) is 25.1 Å². The van der Waals surface area contributed by atoms with Crippen LogP contribution in [-0.4, -0.2) is 29.5 Å². The third kappa shape index (κ3) is 3.54. The zero-order valence-electron chi connectivity index (χ0n) is 13.7. The molecule has 2 aromatic carbocycles. The smallest absolute Gasteiger partial charge is 0.259 e. The van der Waals surface area contributed by atoms with Crippen molar-refractivity contribution in [2.45, 2.75) is 13.0 Å². The van der Waals surface area contributed by atoms with Crippen LogP contribution >= 0.6 is 0 Å². The molecule has 0 aromatic heterocycles. The number of carbonyl (C=O) groups excluding carboxylic acids is 4. The van der Waals surface area contributed by atoms with Gasteiger partial charge in [0.15, 0.2) is 5.78 Å². The average Bonchev–Trinajstić information content (AvgIpc) is 2.89. The number of nitrogens with one attached hydrogen (secondary N) is 2. The fourth-order valence-corrected chi connectivity index (χ4v) is 2.39. The van der Waals surface area contributed by atoms with Gasteiger partial charge in [-0.05, 0) is 37.3 Å². The summed E-state index contributed by atoms with van der Waals surface area (Å²) >= 11 is 0. The number of rotatable bonds is 5. The van der Waals surface area contributed by atoms with E-state index in [1.54, 1.807) is 30.3 Å². The largest absolute Gasteiger partial charge is 0.324 e. The number of nitrogens with zero attached hydrogens (tertiary/aromatic N) is 2. The van der Waals surface area contributed by atoms with Crippen LogP contribution in [0.4, 0.5) is 11.4 Å². The molecule has 0 saturated carbocycles. The van der Waals surface area contributed by atoms with Crippen molar-refractivity contribution in [1.29, 1.82) is 0 Å². The molecule has 2 aromatic rings. The first kappa shape index (κ1) is 17.2. The van der Waals surface area contributed by atoms with Crippen molar-refractivity contribution in [3.8, 4) is 0 Å². The number of imide groups is 1. The van der Waals surface area contributed by atoms with E-state index < -0.39 is 29.5 Å². The minimum Gasteiger partial charge on any atom is -0.324 e. The third-order valence-corrected chi connectivity index (χ3v) is 3.68. The van der Waals surface area contributed by atoms with E-state index in [0.717, 1.165) is 0 Å². The van der Waals surface area contributed by atoms with Crippen molar-refractivity contribution in [2.24, 2.45) is 10.2 Å². The molecule has 0 spiro atoms. The minimum absolute atomic E-state index is 0.180. The fraction of sp³-hybridized carbons (Fsp3) is 0.111. The van der Waals surface area contributed by atoms with Crippen molar-refractivity contribution in [1.82, 2.24) is 5.32 Å². The highest BCUT2D eigenvalue weighted by Crippen LogP contribution is 2.22. The molecule has 26 heavy (non-hydrogen) atoms. The fourth-order valence-electron chi connectivity index (χ4n) is 2.39. The van der Waals surface area contributed by atoms with Crippen molar-refractivity contribution >= 4 is 34.9 Å². The van der Waals surface area contributed by atoms with Crippen LogP contribution in [0, 0.1) is 0 Å². The Kier molecular flexibility index (Phi) is 4.66. The summed E-state index contributed by atoms with van der Waals surface area (Å²) in [6.07, 6.45) is 0. The molecule has 0 bridgehead atoms. The maximum atomic E-state index is 12.3. The van der Waals surface area contributed by atoms with Gasteiger partial charge in [0.25, 0.3) is 17.7 Å². The Balaban J connectivity index is 1.79. The quantitative estimate of drug-likeness (QED) is 0.488. The number of ketones is 1. The van der Waals surface area contributed by atoms with Gasteiger partial charge in [0, 0.05) is 5.69 Å². The lowest BCUT2D eigenvalue weighted by Gasteiger charge is -2.09. The zero-order chi connectivity index (χ0) is 18.7. The van der Waals surface area contributed by atoms with Gasteiger partial charge in [-0.25, -0.2) is 0 Å². The van der Waals surface area contributed by atoms with Crippen LogP contribution in [0.2, 0.25) is 0 Å². The van der Waals surface area contributed by atoms with Crippen LogP contribution in [0.15, 0.2) is 58.8 Å². The monoisotopic (exact) mass is 350 g/mol. The lowest BCUT2D eigenvalue weighted by molar-refractivity contribution is -0.126. The normalized spacial score (nSPS) is 14.0. The molecule has 1 aliphatic rings. The summed E-state index contributed by atoms with van der Waals surface area (Å²) in [5.41, 5.74) is 1.22. The maximum Gasteiger partial charge on any atom is 0.259 e. The van der Waals surface area contributed by atoms with Crippen molar-refractivity contribution < 1.29 is 19.2 Å². The highest BCUT2D eigenvalue weighted by atomic mass is 16.2. The van der Waals surface area contributed by atoms with Crippen LogP contribution in [-0.2, 0) is 9.59 Å². The molecule has 8 nitrogen and oxygen atoms in total. The van der Waals surface area contributed by atoms with Crippen molar-refractivity contribution in [3.63, 3.8) is 0 Å². The lowest BCUT2D eigenvalue weighted by atomic mass is 10.1. The lowest BCUT2D eigenvalue weighted by Crippen LogP contribution is -2.31. The number of hydrogen-bond donors (Lipinski definition) is 2. The van der Waals surface area contributed by atoms with Gasteiger partial charge in [-0.1, -0.05) is 18.2 Å². The number of para-hydroxylation sites is 1. The summed E-state index contributed by atoms with van der Waals surface area (Å²) in [7, 11) is 0. The topological polar surface area (TPSA) is 117 Å². The first-order chi connectivity index (χ1) is 12.5. The summed E-state index contributed by atoms with van der Waals surface area (Å²) in [5, 5.41) is 12.4. The average molecular weight is 350 g/mol. The number of hydrogen-bond acceptors (Lipinski definition) is 6. The number of azo groups is 1. The number of fused-ring (bicyclic) bond motifs is 1. The maximum absolute atomic E-state index is 12.3. The van der Waals surface area contributed by atoms with Crippen LogP contribution < -0.4 is 10.6 Å². The van der Waals surface area contributed by atoms with E-state index in [0.29, 0.717) is 5.69 Å². The highest BCUT2D eigenvalue weighted by molar-refractivity contribution is 6.21. The first-order valence-corrected chi connectivity index (χ1v) is 7.72. The number of amides is 3. The van der Waals surface area contributed by atoms with E-state index in [1.807, 2.05) is 0 Å². The van der Waals surface area contributed by atoms with E-state index in [4.69, 9.17) is 0 Å². The van der Waals surface area contributed by atoms with E-state index in [-0.39, 0.29) is 16.8 Å². The van der Waals surface area contributed by atoms with Gasteiger partial charge in [-0.3, -0.25) is 24.5 Å². The Morgan fingerprint density at radius 3 is 2.38 bits per heavy atom. The summed E-state index contributed by atoms with van der Waals surface area (Å²) in [6, 6.07) is 11.6. The SMILES string of the molecule is CC(=O)C(N=Nc1ccc2c(c1)C(=O)NC2=O)C(=O)Nc1ccccc1. The molecule has 130 valence electrons. The predicted molar refractivity (Wildman–Crippen MR) is 92.3 cm³/mol. The summed E-state index contributed by atoms with van der Waals surface area (Å²) < 4.78 is 0. The summed E-state index contributed by atoms with van der Waals surface area (Å²) in [4.78, 5) is 47.2. The molecule has 1 unspecified atom stereocenters. The first-order valence-electron chi connectivity index (χ1n) is 7.72. The number of Topliss-reactive ketones (excluding diaryl/α,β-unsaturated/α-hetero) is 1. The Bertz CT molecular complexity index is 937. The Morgan fingerprint density at radius 2 is 1.69 bits per heavy atom. The number of carbonyl (C=O) groups is 4. The standard InChI is InChI=1S/C18H14N4O4/c1-10(23)15(18(26)19-11-5-3-2-4-6-11)22-21-12-7-8-13-14(9-12)17(25)20-16(13)24/h2-9,15H,1H3,(H,19,26)(H,20,24,25). The Labute approximate surface area is 148 Å². The van der Waals surface area contributed by atoms with Crippen molar-refractivity contribution in [2.75, 3.05) is 5.32 Å². The second-order valence-corrected chi connectivity index (χ2v) is 5.60. The minimum atomic E-state index is -1.32. The van der Waals surface area contributed by atoms with Gasteiger partial charge in [0.2, 0.25) is 6.04 Å². The van der Waals surface area contributed by atoms with Gasteiger partial charge in [-0.15, -0.1) is 0 Å². The molecule has 1 atom stereocenters. The highest BCUT2D eigenvalue weighted by Gasteiger charge is 2.27. The van der Waals surface area contributed by atoms with Crippen molar-refractivity contribution in [3.05, 3.63) is 59.7 Å². The molecular formula is C18H14N4O4. The van der Waals surface area contributed by atoms with Crippen LogP contribution in [0.3, 0.4) is 0 Å². The summed E-state index contributed by atoms with van der Waals surface area (Å²) in [6.45, 7) is 1.24.